The molecule has 2 nitrogen and oxygen atoms in total. The largest absolute Gasteiger partial charge is 0.485 e. The summed E-state index contributed by atoms with van der Waals surface area (Å²) in [6, 6.07) is 4.72. The van der Waals surface area contributed by atoms with E-state index in [0.29, 0.717) is 12.5 Å². The second-order valence-corrected chi connectivity index (χ2v) is 4.39. The molecule has 0 saturated heterocycles. The number of ether oxygens (including phenoxy) is 1. The number of halogens is 2. The molecule has 0 radical (unpaired) electrons. The van der Waals surface area contributed by atoms with E-state index in [9.17, 15) is 4.39 Å². The Morgan fingerprint density at radius 3 is 2.94 bits per heavy atom. The zero-order valence-electron chi connectivity index (χ0n) is 8.32. The summed E-state index contributed by atoms with van der Waals surface area (Å²) in [5.74, 6) is 0.149. The fraction of sp³-hybridized carbons (Fsp3) is 0.182. The lowest BCUT2D eigenvalue weighted by molar-refractivity contribution is 0.293. The van der Waals surface area contributed by atoms with Crippen LogP contribution in [0.4, 0.5) is 4.39 Å². The van der Waals surface area contributed by atoms with Gasteiger partial charge in [-0.2, -0.15) is 0 Å². The van der Waals surface area contributed by atoms with Crippen LogP contribution in [0.5, 0.6) is 5.75 Å². The SMILES string of the molecule is Fc1cc(CCl)ccc1OCc1cncs1. The number of hydrogen-bond donors (Lipinski definition) is 0. The lowest BCUT2D eigenvalue weighted by atomic mass is 10.2. The van der Waals surface area contributed by atoms with Gasteiger partial charge < -0.3 is 4.74 Å². The van der Waals surface area contributed by atoms with Crippen molar-refractivity contribution in [3.63, 3.8) is 0 Å². The maximum absolute atomic E-state index is 13.5. The Balaban J connectivity index is 2.04. The van der Waals surface area contributed by atoms with E-state index in [1.165, 1.54) is 17.4 Å². The van der Waals surface area contributed by atoms with E-state index in [4.69, 9.17) is 16.3 Å². The standard InChI is InChI=1S/C11H9ClFNOS/c12-4-8-1-2-11(10(13)3-8)15-6-9-5-14-7-16-9/h1-3,5,7H,4,6H2. The molecule has 1 heterocycles. The van der Waals surface area contributed by atoms with Crippen molar-refractivity contribution < 1.29 is 9.13 Å². The zero-order chi connectivity index (χ0) is 11.4. The molecule has 0 saturated carbocycles. The smallest absolute Gasteiger partial charge is 0.165 e. The van der Waals surface area contributed by atoms with Crippen LogP contribution in [-0.4, -0.2) is 4.98 Å². The van der Waals surface area contributed by atoms with E-state index < -0.39 is 0 Å². The van der Waals surface area contributed by atoms with Gasteiger partial charge in [0.05, 0.1) is 10.4 Å². The van der Waals surface area contributed by atoms with Gasteiger partial charge in [-0.1, -0.05) is 6.07 Å². The van der Waals surface area contributed by atoms with Crippen molar-refractivity contribution in [1.29, 1.82) is 0 Å². The van der Waals surface area contributed by atoms with Gasteiger partial charge >= 0.3 is 0 Å². The summed E-state index contributed by atoms with van der Waals surface area (Å²) >= 11 is 7.07. The number of benzene rings is 1. The second-order valence-electron chi connectivity index (χ2n) is 3.15. The van der Waals surface area contributed by atoms with E-state index >= 15 is 0 Å². The Hall–Kier alpha value is -1.13. The number of rotatable bonds is 4. The first-order valence-electron chi connectivity index (χ1n) is 4.64. The molecular weight excluding hydrogens is 249 g/mol. The lowest BCUT2D eigenvalue weighted by Crippen LogP contribution is -1.96. The number of hydrogen-bond acceptors (Lipinski definition) is 3. The highest BCUT2D eigenvalue weighted by Crippen LogP contribution is 2.21. The molecule has 2 rings (SSSR count). The molecular formula is C11H9ClFNOS. The van der Waals surface area contributed by atoms with E-state index in [2.05, 4.69) is 4.98 Å². The van der Waals surface area contributed by atoms with Crippen molar-refractivity contribution in [2.75, 3.05) is 0 Å². The molecule has 0 spiro atoms. The van der Waals surface area contributed by atoms with Crippen LogP contribution < -0.4 is 4.74 Å². The van der Waals surface area contributed by atoms with E-state index in [1.807, 2.05) is 0 Å². The molecule has 0 aliphatic heterocycles. The summed E-state index contributed by atoms with van der Waals surface area (Å²) < 4.78 is 18.8. The van der Waals surface area contributed by atoms with Crippen LogP contribution in [0, 0.1) is 5.82 Å². The summed E-state index contributed by atoms with van der Waals surface area (Å²) in [4.78, 5) is 4.87. The molecule has 0 N–H and O–H groups in total. The molecule has 0 unspecified atom stereocenters. The molecule has 2 aromatic rings. The third-order valence-corrected chi connectivity index (χ3v) is 3.07. The number of thiazole rings is 1. The highest BCUT2D eigenvalue weighted by Gasteiger charge is 2.05. The van der Waals surface area contributed by atoms with Crippen molar-refractivity contribution in [1.82, 2.24) is 4.98 Å². The quantitative estimate of drug-likeness (QED) is 0.781. The van der Waals surface area contributed by atoms with Crippen LogP contribution in [0.2, 0.25) is 0 Å². The van der Waals surface area contributed by atoms with Gasteiger partial charge in [0.2, 0.25) is 0 Å². The lowest BCUT2D eigenvalue weighted by Gasteiger charge is -2.06. The van der Waals surface area contributed by atoms with Crippen molar-refractivity contribution >= 4 is 22.9 Å². The zero-order valence-corrected chi connectivity index (χ0v) is 9.89. The maximum atomic E-state index is 13.5. The predicted octanol–water partition coefficient (Wildman–Crippen LogP) is 3.60. The van der Waals surface area contributed by atoms with E-state index in [1.54, 1.807) is 23.8 Å². The number of aromatic nitrogens is 1. The topological polar surface area (TPSA) is 22.1 Å². The summed E-state index contributed by atoms with van der Waals surface area (Å²) in [5, 5.41) is 0. The minimum absolute atomic E-state index is 0.238. The van der Waals surface area contributed by atoms with Crippen LogP contribution in [-0.2, 0) is 12.5 Å². The van der Waals surface area contributed by atoms with Crippen LogP contribution in [0.3, 0.4) is 0 Å². The first-order chi connectivity index (χ1) is 7.79. The van der Waals surface area contributed by atoms with Gasteiger partial charge in [0, 0.05) is 12.1 Å². The summed E-state index contributed by atoms with van der Waals surface area (Å²) in [6.07, 6.45) is 1.70. The summed E-state index contributed by atoms with van der Waals surface area (Å²) in [6.45, 7) is 0.335. The molecule has 84 valence electrons. The Kier molecular flexibility index (Phi) is 3.74. The van der Waals surface area contributed by atoms with Crippen molar-refractivity contribution in [3.05, 3.63) is 46.2 Å². The molecule has 0 atom stereocenters. The van der Waals surface area contributed by atoms with Gasteiger partial charge in [0.15, 0.2) is 11.6 Å². The van der Waals surface area contributed by atoms with Gasteiger partial charge in [-0.3, -0.25) is 4.98 Å². The monoisotopic (exact) mass is 257 g/mol. The predicted molar refractivity (Wildman–Crippen MR) is 62.4 cm³/mol. The average molecular weight is 258 g/mol. The average Bonchev–Trinajstić information content (AvgIpc) is 2.80. The van der Waals surface area contributed by atoms with Crippen LogP contribution in [0.1, 0.15) is 10.4 Å². The molecule has 5 heteroatoms. The Bertz CT molecular complexity index is 461. The normalized spacial score (nSPS) is 10.4. The van der Waals surface area contributed by atoms with Gasteiger partial charge in [-0.05, 0) is 17.7 Å². The number of nitrogens with zero attached hydrogens (tertiary/aromatic N) is 1. The van der Waals surface area contributed by atoms with E-state index in [0.717, 1.165) is 10.4 Å². The van der Waals surface area contributed by atoms with Crippen molar-refractivity contribution in [3.8, 4) is 5.75 Å². The minimum Gasteiger partial charge on any atom is -0.485 e. The highest BCUT2D eigenvalue weighted by molar-refractivity contribution is 7.09. The molecule has 1 aromatic carbocycles. The Labute approximate surface area is 102 Å². The Morgan fingerprint density at radius 2 is 2.31 bits per heavy atom. The first-order valence-corrected chi connectivity index (χ1v) is 6.05. The summed E-state index contributed by atoms with van der Waals surface area (Å²) in [5.41, 5.74) is 2.45. The van der Waals surface area contributed by atoms with Crippen LogP contribution in [0.25, 0.3) is 0 Å². The van der Waals surface area contributed by atoms with Gasteiger partial charge in [-0.15, -0.1) is 22.9 Å². The molecule has 0 aliphatic rings. The first kappa shape index (κ1) is 11.4. The van der Waals surface area contributed by atoms with Crippen LogP contribution >= 0.6 is 22.9 Å². The van der Waals surface area contributed by atoms with Crippen molar-refractivity contribution in [2.45, 2.75) is 12.5 Å². The van der Waals surface area contributed by atoms with Crippen molar-refractivity contribution in [2.24, 2.45) is 0 Å². The Morgan fingerprint density at radius 1 is 1.44 bits per heavy atom. The van der Waals surface area contributed by atoms with Gasteiger partial charge in [-0.25, -0.2) is 4.39 Å². The molecule has 0 fully saturated rings. The third kappa shape index (κ3) is 2.71. The maximum Gasteiger partial charge on any atom is 0.165 e. The molecule has 1 aromatic heterocycles. The second kappa shape index (κ2) is 5.27. The van der Waals surface area contributed by atoms with Crippen LogP contribution in [0.15, 0.2) is 29.9 Å². The summed E-state index contributed by atoms with van der Waals surface area (Å²) in [7, 11) is 0. The van der Waals surface area contributed by atoms with Gasteiger partial charge in [0.1, 0.15) is 6.61 Å². The third-order valence-electron chi connectivity index (χ3n) is 2.00. The number of alkyl halides is 1. The van der Waals surface area contributed by atoms with Gasteiger partial charge in [0.25, 0.3) is 0 Å². The molecule has 0 bridgehead atoms. The minimum atomic E-state index is -0.386. The fourth-order valence-corrected chi connectivity index (χ4v) is 1.88. The molecule has 0 aliphatic carbocycles. The molecule has 16 heavy (non-hydrogen) atoms. The fourth-order valence-electron chi connectivity index (χ4n) is 1.21. The molecule has 0 amide bonds. The highest BCUT2D eigenvalue weighted by atomic mass is 35.5. The van der Waals surface area contributed by atoms with E-state index in [-0.39, 0.29) is 11.6 Å².